The zero-order valence-corrected chi connectivity index (χ0v) is 12.7. The van der Waals surface area contributed by atoms with Gasteiger partial charge in [0.25, 0.3) is 0 Å². The van der Waals surface area contributed by atoms with Crippen LogP contribution in [0.4, 0.5) is 0 Å². The number of carbonyl (C=O) groups excluding carboxylic acids is 1. The third-order valence-corrected chi connectivity index (χ3v) is 5.77. The van der Waals surface area contributed by atoms with Gasteiger partial charge in [0.15, 0.2) is 0 Å². The van der Waals surface area contributed by atoms with Gasteiger partial charge >= 0.3 is 0 Å². The van der Waals surface area contributed by atoms with E-state index >= 15 is 0 Å². The summed E-state index contributed by atoms with van der Waals surface area (Å²) in [5, 5.41) is 0. The average molecular weight is 278 g/mol. The zero-order valence-electron chi connectivity index (χ0n) is 12.7. The van der Waals surface area contributed by atoms with Crippen molar-refractivity contribution < 1.29 is 4.79 Å². The van der Waals surface area contributed by atoms with Crippen molar-refractivity contribution in [2.45, 2.75) is 70.3 Å². The fraction of sp³-hybridized carbons (Fsp3) is 0.941. The first kappa shape index (κ1) is 14.4. The van der Waals surface area contributed by atoms with E-state index in [0.717, 1.165) is 56.5 Å². The van der Waals surface area contributed by atoms with E-state index in [4.69, 9.17) is 5.73 Å². The largest absolute Gasteiger partial charge is 0.339 e. The summed E-state index contributed by atoms with van der Waals surface area (Å²) in [5.74, 6) is 3.11. The Morgan fingerprint density at radius 1 is 0.900 bits per heavy atom. The number of nitrogens with two attached hydrogens (primary N) is 1. The maximum absolute atomic E-state index is 12.5. The number of carbonyl (C=O) groups is 1. The molecule has 2 saturated heterocycles. The predicted molar refractivity (Wildman–Crippen MR) is 81.2 cm³/mol. The van der Waals surface area contributed by atoms with Gasteiger partial charge in [-0.15, -0.1) is 0 Å². The van der Waals surface area contributed by atoms with Crippen molar-refractivity contribution >= 4 is 5.91 Å². The van der Waals surface area contributed by atoms with Crippen LogP contribution in [0.3, 0.4) is 0 Å². The number of unbranched alkanes of at least 4 members (excludes halogenated alkanes) is 3. The van der Waals surface area contributed by atoms with Crippen molar-refractivity contribution in [3.63, 3.8) is 0 Å². The summed E-state index contributed by atoms with van der Waals surface area (Å²) in [6, 6.07) is 0.586. The quantitative estimate of drug-likeness (QED) is 0.759. The Hall–Kier alpha value is -0.570. The van der Waals surface area contributed by atoms with Crippen LogP contribution in [-0.2, 0) is 4.79 Å². The van der Waals surface area contributed by atoms with Gasteiger partial charge in [0.1, 0.15) is 0 Å². The van der Waals surface area contributed by atoms with Gasteiger partial charge in [-0.2, -0.15) is 0 Å². The number of hydrogen-bond acceptors (Lipinski definition) is 2. The number of nitrogens with zero attached hydrogens (tertiary/aromatic N) is 1. The number of fused-ring (bicyclic) bond motifs is 1. The summed E-state index contributed by atoms with van der Waals surface area (Å²) in [6.07, 6.45) is 12.1. The Balaban J connectivity index is 1.50. The Morgan fingerprint density at radius 3 is 2.25 bits per heavy atom. The van der Waals surface area contributed by atoms with Crippen LogP contribution in [0.2, 0.25) is 0 Å². The minimum absolute atomic E-state index is 0.441. The summed E-state index contributed by atoms with van der Waals surface area (Å²) < 4.78 is 0. The van der Waals surface area contributed by atoms with Crippen molar-refractivity contribution in [2.75, 3.05) is 13.1 Å². The molecule has 2 aliphatic carbocycles. The lowest BCUT2D eigenvalue weighted by Crippen LogP contribution is -2.42. The van der Waals surface area contributed by atoms with Crippen molar-refractivity contribution in [3.05, 3.63) is 0 Å². The van der Waals surface area contributed by atoms with Crippen molar-refractivity contribution in [2.24, 2.45) is 23.5 Å². The third kappa shape index (κ3) is 3.19. The molecule has 3 heteroatoms. The molecular weight excluding hydrogens is 248 g/mol. The van der Waals surface area contributed by atoms with Crippen LogP contribution in [0.15, 0.2) is 0 Å². The Labute approximate surface area is 123 Å². The van der Waals surface area contributed by atoms with E-state index in [1.807, 2.05) is 0 Å². The van der Waals surface area contributed by atoms with E-state index < -0.39 is 0 Å². The summed E-state index contributed by atoms with van der Waals surface area (Å²) >= 11 is 0. The summed E-state index contributed by atoms with van der Waals surface area (Å²) in [6.45, 7) is 1.85. The second-order valence-electron chi connectivity index (χ2n) is 7.43. The van der Waals surface area contributed by atoms with Gasteiger partial charge in [-0.05, 0) is 69.2 Å². The minimum atomic E-state index is 0.441. The van der Waals surface area contributed by atoms with Crippen LogP contribution in [0, 0.1) is 17.8 Å². The third-order valence-electron chi connectivity index (χ3n) is 5.77. The van der Waals surface area contributed by atoms with Crippen LogP contribution in [0.25, 0.3) is 0 Å². The summed E-state index contributed by atoms with van der Waals surface area (Å²) in [5.41, 5.74) is 5.51. The molecule has 20 heavy (non-hydrogen) atoms. The van der Waals surface area contributed by atoms with Crippen LogP contribution < -0.4 is 5.73 Å². The van der Waals surface area contributed by atoms with Crippen molar-refractivity contribution in [1.29, 1.82) is 0 Å². The van der Waals surface area contributed by atoms with Gasteiger partial charge < -0.3 is 10.6 Å². The molecule has 4 bridgehead atoms. The molecule has 0 aromatic rings. The molecule has 0 radical (unpaired) electrons. The van der Waals surface area contributed by atoms with Crippen LogP contribution >= 0.6 is 0 Å². The first-order valence-electron chi connectivity index (χ1n) is 8.75. The summed E-state index contributed by atoms with van der Waals surface area (Å²) in [7, 11) is 0. The molecule has 4 aliphatic rings. The normalized spacial score (nSPS) is 35.4. The number of amides is 1. The second kappa shape index (κ2) is 6.46. The molecular formula is C17H30N2O. The molecule has 0 aromatic carbocycles. The fourth-order valence-electron chi connectivity index (χ4n) is 5.01. The van der Waals surface area contributed by atoms with Gasteiger partial charge in [0.05, 0.1) is 0 Å². The maximum Gasteiger partial charge on any atom is 0.222 e. The molecule has 4 rings (SSSR count). The topological polar surface area (TPSA) is 46.3 Å². The van der Waals surface area contributed by atoms with Crippen LogP contribution in [0.5, 0.6) is 0 Å². The molecule has 2 N–H and O–H groups in total. The van der Waals surface area contributed by atoms with Gasteiger partial charge in [-0.3, -0.25) is 4.79 Å². The second-order valence-corrected chi connectivity index (χ2v) is 7.43. The minimum Gasteiger partial charge on any atom is -0.339 e. The van der Waals surface area contributed by atoms with E-state index in [1.54, 1.807) is 0 Å². The molecule has 3 nitrogen and oxygen atoms in total. The Morgan fingerprint density at radius 2 is 1.55 bits per heavy atom. The first-order valence-corrected chi connectivity index (χ1v) is 8.75. The molecule has 114 valence electrons. The highest BCUT2D eigenvalue weighted by Gasteiger charge is 2.43. The SMILES string of the molecule is NCCCCCCC(=O)N1CC2CC3CC(C2)CC1C3. The molecule has 1 amide bonds. The summed E-state index contributed by atoms with van der Waals surface area (Å²) in [4.78, 5) is 14.8. The monoisotopic (exact) mass is 278 g/mol. The molecule has 0 aromatic heterocycles. The molecule has 4 fully saturated rings. The highest BCUT2D eigenvalue weighted by molar-refractivity contribution is 5.76. The highest BCUT2D eigenvalue weighted by atomic mass is 16.2. The van der Waals surface area contributed by atoms with Crippen molar-refractivity contribution in [3.8, 4) is 0 Å². The zero-order chi connectivity index (χ0) is 13.9. The van der Waals surface area contributed by atoms with E-state index in [2.05, 4.69) is 4.90 Å². The molecule has 2 aliphatic heterocycles. The maximum atomic E-state index is 12.5. The lowest BCUT2D eigenvalue weighted by Gasteiger charge is -2.39. The van der Waals surface area contributed by atoms with Gasteiger partial charge in [0.2, 0.25) is 5.91 Å². The van der Waals surface area contributed by atoms with Crippen molar-refractivity contribution in [1.82, 2.24) is 4.90 Å². The number of hydrogen-bond donors (Lipinski definition) is 1. The smallest absolute Gasteiger partial charge is 0.222 e. The van der Waals surface area contributed by atoms with Gasteiger partial charge in [-0.25, -0.2) is 0 Å². The molecule has 2 unspecified atom stereocenters. The molecule has 2 saturated carbocycles. The lowest BCUT2D eigenvalue weighted by atomic mass is 9.68. The van der Waals surface area contributed by atoms with E-state index in [9.17, 15) is 4.79 Å². The van der Waals surface area contributed by atoms with Crippen LogP contribution in [-0.4, -0.2) is 29.9 Å². The Bertz CT molecular complexity index is 330. The Kier molecular flexibility index (Phi) is 4.65. The average Bonchev–Trinajstić information content (AvgIpc) is 2.62. The predicted octanol–water partition coefficient (Wildman–Crippen LogP) is 2.93. The highest BCUT2D eigenvalue weighted by Crippen LogP contribution is 2.47. The fourth-order valence-corrected chi connectivity index (χ4v) is 5.01. The van der Waals surface area contributed by atoms with E-state index in [-0.39, 0.29) is 0 Å². The standard InChI is InChI=1S/C17H30N2O/c18-6-4-2-1-3-5-17(20)19-12-15-8-13-7-14(9-15)11-16(19)10-13/h13-16H,1-12,18H2. The van der Waals surface area contributed by atoms with Crippen LogP contribution in [0.1, 0.15) is 64.2 Å². The van der Waals surface area contributed by atoms with E-state index in [1.165, 1.54) is 38.5 Å². The molecule has 0 spiro atoms. The first-order chi connectivity index (χ1) is 9.76. The molecule has 2 heterocycles. The van der Waals surface area contributed by atoms with Gasteiger partial charge in [0, 0.05) is 19.0 Å². The lowest BCUT2D eigenvalue weighted by molar-refractivity contribution is -0.134. The number of rotatable bonds is 6. The van der Waals surface area contributed by atoms with Gasteiger partial charge in [-0.1, -0.05) is 12.8 Å². The van der Waals surface area contributed by atoms with E-state index in [0.29, 0.717) is 11.9 Å². The molecule has 2 atom stereocenters.